The zero-order valence-corrected chi connectivity index (χ0v) is 11.8. The summed E-state index contributed by atoms with van der Waals surface area (Å²) in [7, 11) is 2.08. The standard InChI is InChI=1S/C14H19ClN4/c1-18(8-12-2-4-13(15)5-3-12)9-14-10-19(7-6-16)11-17-14/h2-5,10-11H,6-9,16H2,1H3. The number of halogens is 1. The fourth-order valence-corrected chi connectivity index (χ4v) is 2.12. The molecule has 19 heavy (non-hydrogen) atoms. The van der Waals surface area contributed by atoms with E-state index < -0.39 is 0 Å². The van der Waals surface area contributed by atoms with Gasteiger partial charge in [-0.15, -0.1) is 0 Å². The number of benzene rings is 1. The van der Waals surface area contributed by atoms with E-state index in [1.807, 2.05) is 41.4 Å². The number of hydrogen-bond donors (Lipinski definition) is 1. The predicted octanol–water partition coefficient (Wildman–Crippen LogP) is 2.13. The Morgan fingerprint density at radius 3 is 2.68 bits per heavy atom. The van der Waals surface area contributed by atoms with Crippen LogP contribution in [0.4, 0.5) is 0 Å². The minimum absolute atomic E-state index is 0.635. The zero-order chi connectivity index (χ0) is 13.7. The fraction of sp³-hybridized carbons (Fsp3) is 0.357. The van der Waals surface area contributed by atoms with Crippen LogP contribution in [0.2, 0.25) is 5.02 Å². The van der Waals surface area contributed by atoms with Crippen molar-refractivity contribution in [2.75, 3.05) is 13.6 Å². The summed E-state index contributed by atoms with van der Waals surface area (Å²) in [5.74, 6) is 0. The van der Waals surface area contributed by atoms with Crippen LogP contribution in [-0.4, -0.2) is 28.0 Å². The van der Waals surface area contributed by atoms with E-state index in [4.69, 9.17) is 17.3 Å². The molecule has 0 spiro atoms. The summed E-state index contributed by atoms with van der Waals surface area (Å²) in [6.45, 7) is 3.14. The van der Waals surface area contributed by atoms with Crippen molar-refractivity contribution in [1.29, 1.82) is 0 Å². The minimum atomic E-state index is 0.635. The summed E-state index contributed by atoms with van der Waals surface area (Å²) < 4.78 is 2.02. The maximum absolute atomic E-state index is 5.87. The quantitative estimate of drug-likeness (QED) is 0.881. The molecular formula is C14H19ClN4. The van der Waals surface area contributed by atoms with E-state index in [1.165, 1.54) is 5.56 Å². The number of nitrogens with zero attached hydrogens (tertiary/aromatic N) is 3. The number of hydrogen-bond acceptors (Lipinski definition) is 3. The molecule has 0 unspecified atom stereocenters. The maximum atomic E-state index is 5.87. The first-order chi connectivity index (χ1) is 9.17. The largest absolute Gasteiger partial charge is 0.336 e. The van der Waals surface area contributed by atoms with Crippen molar-refractivity contribution in [3.63, 3.8) is 0 Å². The summed E-state index contributed by atoms with van der Waals surface area (Å²) in [4.78, 5) is 6.60. The van der Waals surface area contributed by atoms with Gasteiger partial charge in [0.2, 0.25) is 0 Å². The van der Waals surface area contributed by atoms with Gasteiger partial charge in [-0.3, -0.25) is 4.90 Å². The Bertz CT molecular complexity index is 506. The van der Waals surface area contributed by atoms with Gasteiger partial charge < -0.3 is 10.3 Å². The molecule has 1 aromatic carbocycles. The van der Waals surface area contributed by atoms with Gasteiger partial charge in [-0.1, -0.05) is 23.7 Å². The monoisotopic (exact) mass is 278 g/mol. The van der Waals surface area contributed by atoms with Crippen LogP contribution < -0.4 is 5.73 Å². The molecule has 2 aromatic rings. The molecule has 2 rings (SSSR count). The second-order valence-electron chi connectivity index (χ2n) is 4.69. The highest BCUT2D eigenvalue weighted by molar-refractivity contribution is 6.30. The average Bonchev–Trinajstić information content (AvgIpc) is 2.80. The molecule has 5 heteroatoms. The predicted molar refractivity (Wildman–Crippen MR) is 77.9 cm³/mol. The molecule has 0 atom stereocenters. The molecule has 1 heterocycles. The van der Waals surface area contributed by atoms with Crippen LogP contribution in [0, 0.1) is 0 Å². The Balaban J connectivity index is 1.89. The van der Waals surface area contributed by atoms with Gasteiger partial charge in [0.25, 0.3) is 0 Å². The lowest BCUT2D eigenvalue weighted by Gasteiger charge is -2.15. The highest BCUT2D eigenvalue weighted by atomic mass is 35.5. The lowest BCUT2D eigenvalue weighted by atomic mass is 10.2. The Kier molecular flexibility index (Phi) is 4.96. The lowest BCUT2D eigenvalue weighted by Crippen LogP contribution is -2.17. The Hall–Kier alpha value is -1.36. The molecular weight excluding hydrogens is 260 g/mol. The summed E-state index contributed by atoms with van der Waals surface area (Å²) in [5.41, 5.74) is 7.82. The fourth-order valence-electron chi connectivity index (χ4n) is 1.99. The van der Waals surface area contributed by atoms with E-state index in [9.17, 15) is 0 Å². The number of rotatable bonds is 6. The number of nitrogens with two attached hydrogens (primary N) is 1. The van der Waals surface area contributed by atoms with Gasteiger partial charge in [-0.05, 0) is 24.7 Å². The molecule has 0 saturated heterocycles. The first-order valence-electron chi connectivity index (χ1n) is 6.31. The van der Waals surface area contributed by atoms with Gasteiger partial charge in [-0.25, -0.2) is 4.98 Å². The second-order valence-corrected chi connectivity index (χ2v) is 5.13. The zero-order valence-electron chi connectivity index (χ0n) is 11.1. The molecule has 1 aromatic heterocycles. The molecule has 0 radical (unpaired) electrons. The van der Waals surface area contributed by atoms with Gasteiger partial charge in [0.05, 0.1) is 12.0 Å². The SMILES string of the molecule is CN(Cc1ccc(Cl)cc1)Cc1cn(CCN)cn1. The van der Waals surface area contributed by atoms with E-state index in [-0.39, 0.29) is 0 Å². The molecule has 0 fully saturated rings. The summed E-state index contributed by atoms with van der Waals surface area (Å²) in [6.07, 6.45) is 3.88. The van der Waals surface area contributed by atoms with Gasteiger partial charge in [0.1, 0.15) is 0 Å². The molecule has 2 N–H and O–H groups in total. The molecule has 0 amide bonds. The van der Waals surface area contributed by atoms with Crippen LogP contribution in [-0.2, 0) is 19.6 Å². The first kappa shape index (κ1) is 14.1. The molecule has 0 saturated carbocycles. The van der Waals surface area contributed by atoms with Crippen LogP contribution in [0.3, 0.4) is 0 Å². The highest BCUT2D eigenvalue weighted by Crippen LogP contribution is 2.12. The van der Waals surface area contributed by atoms with Crippen molar-refractivity contribution >= 4 is 11.6 Å². The molecule has 4 nitrogen and oxygen atoms in total. The Labute approximate surface area is 118 Å². The molecule has 0 bridgehead atoms. The Morgan fingerprint density at radius 2 is 2.00 bits per heavy atom. The third kappa shape index (κ3) is 4.35. The van der Waals surface area contributed by atoms with Crippen molar-refractivity contribution in [3.05, 3.63) is 53.1 Å². The topological polar surface area (TPSA) is 47.1 Å². The summed E-state index contributed by atoms with van der Waals surface area (Å²) in [6, 6.07) is 7.93. The van der Waals surface area contributed by atoms with Crippen LogP contribution in [0.15, 0.2) is 36.8 Å². The van der Waals surface area contributed by atoms with Crippen LogP contribution in [0.5, 0.6) is 0 Å². The maximum Gasteiger partial charge on any atom is 0.0950 e. The van der Waals surface area contributed by atoms with E-state index in [0.717, 1.165) is 30.4 Å². The van der Waals surface area contributed by atoms with Gasteiger partial charge >= 0.3 is 0 Å². The minimum Gasteiger partial charge on any atom is -0.336 e. The van der Waals surface area contributed by atoms with Crippen molar-refractivity contribution < 1.29 is 0 Å². The van der Waals surface area contributed by atoms with E-state index in [0.29, 0.717) is 6.54 Å². The van der Waals surface area contributed by atoms with Gasteiger partial charge in [-0.2, -0.15) is 0 Å². The van der Waals surface area contributed by atoms with Crippen LogP contribution in [0.25, 0.3) is 0 Å². The summed E-state index contributed by atoms with van der Waals surface area (Å²) >= 11 is 5.87. The van der Waals surface area contributed by atoms with Gasteiger partial charge in [0.15, 0.2) is 0 Å². The number of imidazole rings is 1. The van der Waals surface area contributed by atoms with E-state index in [1.54, 1.807) is 0 Å². The average molecular weight is 279 g/mol. The molecule has 0 aliphatic heterocycles. The Morgan fingerprint density at radius 1 is 1.26 bits per heavy atom. The lowest BCUT2D eigenvalue weighted by molar-refractivity contribution is 0.315. The molecule has 0 aliphatic carbocycles. The van der Waals surface area contributed by atoms with Crippen molar-refractivity contribution in [2.45, 2.75) is 19.6 Å². The van der Waals surface area contributed by atoms with Crippen molar-refractivity contribution in [1.82, 2.24) is 14.5 Å². The van der Waals surface area contributed by atoms with Crippen molar-refractivity contribution in [3.8, 4) is 0 Å². The summed E-state index contributed by atoms with van der Waals surface area (Å²) in [5, 5.41) is 0.770. The van der Waals surface area contributed by atoms with Gasteiger partial charge in [0, 0.05) is 37.4 Å². The molecule has 0 aliphatic rings. The number of aromatic nitrogens is 2. The van der Waals surface area contributed by atoms with Crippen LogP contribution in [0.1, 0.15) is 11.3 Å². The van der Waals surface area contributed by atoms with E-state index in [2.05, 4.69) is 16.9 Å². The third-order valence-corrected chi connectivity index (χ3v) is 3.12. The highest BCUT2D eigenvalue weighted by Gasteiger charge is 2.04. The first-order valence-corrected chi connectivity index (χ1v) is 6.69. The normalized spacial score (nSPS) is 11.2. The van der Waals surface area contributed by atoms with Crippen molar-refractivity contribution in [2.24, 2.45) is 5.73 Å². The van der Waals surface area contributed by atoms with Crippen LogP contribution >= 0.6 is 11.6 Å². The van der Waals surface area contributed by atoms with E-state index >= 15 is 0 Å². The second kappa shape index (κ2) is 6.70. The third-order valence-electron chi connectivity index (χ3n) is 2.87. The molecule has 102 valence electrons. The smallest absolute Gasteiger partial charge is 0.0950 e.